The molecule has 3 aromatic rings. The van der Waals surface area contributed by atoms with Crippen LogP contribution in [-0.4, -0.2) is 36.4 Å². The topological polar surface area (TPSA) is 85.4 Å². The van der Waals surface area contributed by atoms with Gasteiger partial charge in [0.05, 0.1) is 7.11 Å². The van der Waals surface area contributed by atoms with Crippen molar-refractivity contribution in [3.8, 4) is 11.5 Å². The second kappa shape index (κ2) is 9.91. The van der Waals surface area contributed by atoms with E-state index in [2.05, 4.69) is 20.8 Å². The van der Waals surface area contributed by atoms with Crippen LogP contribution in [0.5, 0.6) is 11.5 Å². The highest BCUT2D eigenvalue weighted by Gasteiger charge is 2.06. The average Bonchev–Trinajstić information content (AvgIpc) is 2.74. The number of hydrogen-bond acceptors (Lipinski definition) is 6. The van der Waals surface area contributed by atoms with Crippen molar-refractivity contribution in [2.24, 2.45) is 0 Å². The molecule has 0 atom stereocenters. The lowest BCUT2D eigenvalue weighted by Gasteiger charge is -2.09. The first-order valence-corrected chi connectivity index (χ1v) is 8.92. The predicted molar refractivity (Wildman–Crippen MR) is 108 cm³/mol. The van der Waals surface area contributed by atoms with E-state index < -0.39 is 0 Å². The van der Waals surface area contributed by atoms with Crippen LogP contribution >= 0.6 is 0 Å². The molecule has 0 fully saturated rings. The van der Waals surface area contributed by atoms with Gasteiger partial charge in [0, 0.05) is 6.54 Å². The van der Waals surface area contributed by atoms with Crippen LogP contribution in [0.1, 0.15) is 5.56 Å². The molecular formula is C21H22N4O3. The quantitative estimate of drug-likeness (QED) is 0.595. The molecule has 28 heavy (non-hydrogen) atoms. The standard InChI is InChI=1S/C21H22N4O3/c1-27-18-10-6-5-7-16(18)13-14-22-19-11-12-20(25-24-19)23-21(26)15-28-17-8-3-2-4-9-17/h2-12H,13-15H2,1H3,(H,22,24)(H,23,25,26). The highest BCUT2D eigenvalue weighted by molar-refractivity contribution is 5.90. The Balaban J connectivity index is 1.43. The lowest BCUT2D eigenvalue weighted by Crippen LogP contribution is -2.21. The molecule has 1 amide bonds. The van der Waals surface area contributed by atoms with Crippen molar-refractivity contribution < 1.29 is 14.3 Å². The Labute approximate surface area is 163 Å². The van der Waals surface area contributed by atoms with E-state index in [1.54, 1.807) is 31.4 Å². The molecule has 7 heteroatoms. The van der Waals surface area contributed by atoms with Crippen LogP contribution in [0.3, 0.4) is 0 Å². The third-order valence-electron chi connectivity index (χ3n) is 3.94. The zero-order chi connectivity index (χ0) is 19.6. The molecule has 0 radical (unpaired) electrons. The van der Waals surface area contributed by atoms with Gasteiger partial charge in [0.25, 0.3) is 5.91 Å². The smallest absolute Gasteiger partial charge is 0.263 e. The van der Waals surface area contributed by atoms with Crippen LogP contribution in [0, 0.1) is 0 Å². The molecule has 3 rings (SSSR count). The van der Waals surface area contributed by atoms with E-state index in [0.29, 0.717) is 23.9 Å². The summed E-state index contributed by atoms with van der Waals surface area (Å²) in [5, 5.41) is 13.9. The molecule has 0 saturated carbocycles. The number of ether oxygens (including phenoxy) is 2. The number of para-hydroxylation sites is 2. The van der Waals surface area contributed by atoms with Crippen molar-refractivity contribution in [2.45, 2.75) is 6.42 Å². The number of nitrogens with zero attached hydrogens (tertiary/aromatic N) is 2. The molecule has 7 nitrogen and oxygen atoms in total. The number of methoxy groups -OCH3 is 1. The largest absolute Gasteiger partial charge is 0.496 e. The molecule has 0 aliphatic heterocycles. The Kier molecular flexibility index (Phi) is 6.78. The Bertz CT molecular complexity index is 886. The van der Waals surface area contributed by atoms with Gasteiger partial charge in [-0.15, -0.1) is 10.2 Å². The Hall–Kier alpha value is -3.61. The molecule has 0 aliphatic carbocycles. The maximum atomic E-state index is 11.9. The third-order valence-corrected chi connectivity index (χ3v) is 3.94. The van der Waals surface area contributed by atoms with Crippen molar-refractivity contribution in [3.63, 3.8) is 0 Å². The lowest BCUT2D eigenvalue weighted by atomic mass is 10.1. The molecule has 2 N–H and O–H groups in total. The van der Waals surface area contributed by atoms with Crippen LogP contribution in [0.25, 0.3) is 0 Å². The van der Waals surface area contributed by atoms with E-state index in [9.17, 15) is 4.79 Å². The first-order valence-electron chi connectivity index (χ1n) is 8.92. The molecular weight excluding hydrogens is 356 g/mol. The average molecular weight is 378 g/mol. The van der Waals surface area contributed by atoms with Gasteiger partial charge in [-0.3, -0.25) is 4.79 Å². The number of carbonyl (C=O) groups is 1. The van der Waals surface area contributed by atoms with E-state index >= 15 is 0 Å². The summed E-state index contributed by atoms with van der Waals surface area (Å²) in [4.78, 5) is 11.9. The zero-order valence-corrected chi connectivity index (χ0v) is 15.6. The molecule has 1 aromatic heterocycles. The van der Waals surface area contributed by atoms with Gasteiger partial charge in [0.2, 0.25) is 0 Å². The summed E-state index contributed by atoms with van der Waals surface area (Å²) >= 11 is 0. The lowest BCUT2D eigenvalue weighted by molar-refractivity contribution is -0.118. The molecule has 0 bridgehead atoms. The molecule has 0 unspecified atom stereocenters. The van der Waals surface area contributed by atoms with E-state index in [4.69, 9.17) is 9.47 Å². The zero-order valence-electron chi connectivity index (χ0n) is 15.6. The Morgan fingerprint density at radius 3 is 2.39 bits per heavy atom. The van der Waals surface area contributed by atoms with E-state index in [1.807, 2.05) is 42.5 Å². The van der Waals surface area contributed by atoms with Gasteiger partial charge < -0.3 is 20.1 Å². The fourth-order valence-corrected chi connectivity index (χ4v) is 2.57. The van der Waals surface area contributed by atoms with Crippen LogP contribution in [-0.2, 0) is 11.2 Å². The minimum Gasteiger partial charge on any atom is -0.496 e. The summed E-state index contributed by atoms with van der Waals surface area (Å²) < 4.78 is 10.7. The van der Waals surface area contributed by atoms with Crippen LogP contribution in [0.4, 0.5) is 11.6 Å². The fourth-order valence-electron chi connectivity index (χ4n) is 2.57. The number of hydrogen-bond donors (Lipinski definition) is 2. The SMILES string of the molecule is COc1ccccc1CCNc1ccc(NC(=O)COc2ccccc2)nn1. The molecule has 0 spiro atoms. The minimum absolute atomic E-state index is 0.0927. The Morgan fingerprint density at radius 1 is 0.929 bits per heavy atom. The summed E-state index contributed by atoms with van der Waals surface area (Å²) in [7, 11) is 1.66. The van der Waals surface area contributed by atoms with Gasteiger partial charge in [0.15, 0.2) is 12.4 Å². The van der Waals surface area contributed by atoms with Gasteiger partial charge in [-0.1, -0.05) is 36.4 Å². The summed E-state index contributed by atoms with van der Waals surface area (Å²) in [6, 6.07) is 20.5. The van der Waals surface area contributed by atoms with Crippen molar-refractivity contribution in [3.05, 3.63) is 72.3 Å². The maximum Gasteiger partial charge on any atom is 0.263 e. The molecule has 2 aromatic carbocycles. The summed E-state index contributed by atoms with van der Waals surface area (Å²) in [6.45, 7) is 0.594. The van der Waals surface area contributed by atoms with Gasteiger partial charge in [-0.2, -0.15) is 0 Å². The first kappa shape index (κ1) is 19.2. The number of nitrogens with one attached hydrogen (secondary N) is 2. The Morgan fingerprint density at radius 2 is 1.64 bits per heavy atom. The van der Waals surface area contributed by atoms with E-state index in [1.165, 1.54) is 0 Å². The summed E-state index contributed by atoms with van der Waals surface area (Å²) in [6.07, 6.45) is 0.793. The monoisotopic (exact) mass is 378 g/mol. The van der Waals surface area contributed by atoms with E-state index in [-0.39, 0.29) is 12.5 Å². The van der Waals surface area contributed by atoms with Crippen LogP contribution < -0.4 is 20.1 Å². The summed E-state index contributed by atoms with van der Waals surface area (Å²) in [5.41, 5.74) is 1.12. The number of benzene rings is 2. The van der Waals surface area contributed by atoms with Crippen molar-refractivity contribution >= 4 is 17.5 Å². The normalized spacial score (nSPS) is 10.2. The fraction of sp³-hybridized carbons (Fsp3) is 0.190. The van der Waals surface area contributed by atoms with E-state index in [0.717, 1.165) is 17.7 Å². The van der Waals surface area contributed by atoms with Crippen LogP contribution in [0.2, 0.25) is 0 Å². The number of aromatic nitrogens is 2. The van der Waals surface area contributed by atoms with Crippen molar-refractivity contribution in [1.82, 2.24) is 10.2 Å². The van der Waals surface area contributed by atoms with Gasteiger partial charge in [-0.05, 0) is 42.3 Å². The number of amides is 1. The minimum atomic E-state index is -0.296. The third kappa shape index (κ3) is 5.70. The van der Waals surface area contributed by atoms with Gasteiger partial charge in [-0.25, -0.2) is 0 Å². The summed E-state index contributed by atoms with van der Waals surface area (Å²) in [5.74, 6) is 2.21. The molecule has 144 valence electrons. The van der Waals surface area contributed by atoms with Crippen LogP contribution in [0.15, 0.2) is 66.7 Å². The van der Waals surface area contributed by atoms with Gasteiger partial charge in [0.1, 0.15) is 17.3 Å². The second-order valence-corrected chi connectivity index (χ2v) is 5.94. The first-order chi connectivity index (χ1) is 13.7. The highest BCUT2D eigenvalue weighted by Crippen LogP contribution is 2.17. The highest BCUT2D eigenvalue weighted by atomic mass is 16.5. The van der Waals surface area contributed by atoms with Crippen molar-refractivity contribution in [2.75, 3.05) is 30.9 Å². The second-order valence-electron chi connectivity index (χ2n) is 5.94. The molecule has 1 heterocycles. The number of carbonyl (C=O) groups excluding carboxylic acids is 1. The molecule has 0 aliphatic rings. The maximum absolute atomic E-state index is 11.9. The predicted octanol–water partition coefficient (Wildman–Crippen LogP) is 3.16. The number of anilines is 2. The van der Waals surface area contributed by atoms with Gasteiger partial charge >= 0.3 is 0 Å². The van der Waals surface area contributed by atoms with Crippen molar-refractivity contribution in [1.29, 1.82) is 0 Å². The molecule has 0 saturated heterocycles. The number of rotatable bonds is 9.